The number of carbonyl (C=O) groups is 4. The summed E-state index contributed by atoms with van der Waals surface area (Å²) in [7, 11) is 0. The molecule has 0 aliphatic rings. The van der Waals surface area contributed by atoms with Crippen LogP contribution in [0, 0.1) is 0 Å². The Balaban J connectivity index is 1.80. The van der Waals surface area contributed by atoms with Crippen molar-refractivity contribution < 1.29 is 33.4 Å². The second-order valence-corrected chi connectivity index (χ2v) is 10.6. The fraction of sp³-hybridized carbons (Fsp3) is 0.371. The van der Waals surface area contributed by atoms with E-state index < -0.39 is 23.9 Å². The summed E-state index contributed by atoms with van der Waals surface area (Å²) >= 11 is 0. The summed E-state index contributed by atoms with van der Waals surface area (Å²) in [4.78, 5) is 51.4. The molecule has 0 saturated carbocycles. The van der Waals surface area contributed by atoms with Crippen molar-refractivity contribution in [2.75, 3.05) is 0 Å². The van der Waals surface area contributed by atoms with Crippen LogP contribution >= 0.6 is 0 Å². The van der Waals surface area contributed by atoms with Gasteiger partial charge >= 0.3 is 17.9 Å². The largest absolute Gasteiger partial charge is 0.461 e. The second kappa shape index (κ2) is 17.5. The lowest BCUT2D eigenvalue weighted by Crippen LogP contribution is -2.44. The number of nitrogens with one attached hydrogen (secondary N) is 1. The van der Waals surface area contributed by atoms with Gasteiger partial charge in [0.2, 0.25) is 5.91 Å². The summed E-state index contributed by atoms with van der Waals surface area (Å²) in [6.45, 7) is 5.64. The monoisotopic (exact) mass is 587 g/mol. The van der Waals surface area contributed by atoms with Gasteiger partial charge in [-0.2, -0.15) is 0 Å². The Bertz CT molecular complexity index is 1340. The normalized spacial score (nSPS) is 11.4. The number of rotatable bonds is 16. The highest BCUT2D eigenvalue weighted by molar-refractivity contribution is 5.93. The van der Waals surface area contributed by atoms with Crippen molar-refractivity contribution in [1.82, 2.24) is 5.32 Å². The van der Waals surface area contributed by atoms with E-state index in [0.717, 1.165) is 32.1 Å². The molecular weight excluding hydrogens is 546 g/mol. The van der Waals surface area contributed by atoms with Crippen molar-refractivity contribution in [3.05, 3.63) is 95.6 Å². The highest BCUT2D eigenvalue weighted by atomic mass is 16.6. The average Bonchev–Trinajstić information content (AvgIpc) is 3.00. The molecular formula is C35H41NO7. The Kier molecular flexibility index (Phi) is 13.4. The number of amides is 1. The van der Waals surface area contributed by atoms with E-state index in [9.17, 15) is 19.2 Å². The van der Waals surface area contributed by atoms with E-state index in [-0.39, 0.29) is 29.9 Å². The molecule has 3 rings (SSSR count). The van der Waals surface area contributed by atoms with Crippen LogP contribution in [0.2, 0.25) is 0 Å². The highest BCUT2D eigenvalue weighted by Gasteiger charge is 2.25. The summed E-state index contributed by atoms with van der Waals surface area (Å²) < 4.78 is 16.7. The molecule has 1 unspecified atom stereocenters. The van der Waals surface area contributed by atoms with Gasteiger partial charge in [0.25, 0.3) is 0 Å². The number of ether oxygens (including phenoxy) is 3. The zero-order valence-electron chi connectivity index (χ0n) is 25.2. The van der Waals surface area contributed by atoms with E-state index in [2.05, 4.69) is 12.2 Å². The maximum atomic E-state index is 13.0. The Morgan fingerprint density at radius 1 is 0.698 bits per heavy atom. The molecule has 1 N–H and O–H groups in total. The number of benzene rings is 3. The van der Waals surface area contributed by atoms with Crippen LogP contribution in [-0.2, 0) is 20.7 Å². The van der Waals surface area contributed by atoms with Gasteiger partial charge in [0.15, 0.2) is 11.5 Å². The van der Waals surface area contributed by atoms with Gasteiger partial charge in [-0.05, 0) is 62.2 Å². The summed E-state index contributed by atoms with van der Waals surface area (Å²) in [5.74, 6) is -2.01. The first-order valence-corrected chi connectivity index (χ1v) is 14.9. The van der Waals surface area contributed by atoms with Crippen LogP contribution in [0.25, 0.3) is 0 Å². The van der Waals surface area contributed by atoms with Gasteiger partial charge in [-0.15, -0.1) is 0 Å². The zero-order chi connectivity index (χ0) is 31.0. The summed E-state index contributed by atoms with van der Waals surface area (Å²) in [6.07, 6.45) is 6.28. The SMILES string of the molecule is CCCCCCCCC(=O)NC(Cc1ccc(OC(=O)c2ccccc2)c(OC(=O)c2ccccc2)c1)C(=O)OC(C)C. The molecule has 0 aromatic heterocycles. The Hall–Kier alpha value is -4.46. The Morgan fingerprint density at radius 2 is 1.26 bits per heavy atom. The minimum absolute atomic E-state index is 0.00465. The van der Waals surface area contributed by atoms with E-state index in [0.29, 0.717) is 23.1 Å². The van der Waals surface area contributed by atoms with Crippen LogP contribution in [0.1, 0.15) is 92.0 Å². The van der Waals surface area contributed by atoms with Crippen LogP contribution < -0.4 is 14.8 Å². The maximum absolute atomic E-state index is 13.0. The first-order valence-electron chi connectivity index (χ1n) is 14.9. The molecule has 3 aromatic carbocycles. The molecule has 0 saturated heterocycles. The fourth-order valence-corrected chi connectivity index (χ4v) is 4.39. The summed E-state index contributed by atoms with van der Waals surface area (Å²) in [6, 6.07) is 20.6. The van der Waals surface area contributed by atoms with Crippen LogP contribution in [0.15, 0.2) is 78.9 Å². The molecule has 8 heteroatoms. The van der Waals surface area contributed by atoms with Crippen molar-refractivity contribution in [2.24, 2.45) is 0 Å². The van der Waals surface area contributed by atoms with E-state index >= 15 is 0 Å². The molecule has 8 nitrogen and oxygen atoms in total. The van der Waals surface area contributed by atoms with E-state index in [1.54, 1.807) is 80.6 Å². The molecule has 3 aromatic rings. The third-order valence-electron chi connectivity index (χ3n) is 6.60. The molecule has 0 aliphatic heterocycles. The molecule has 0 fully saturated rings. The molecule has 1 atom stereocenters. The first kappa shape index (κ1) is 33.0. The molecule has 1 amide bonds. The van der Waals surface area contributed by atoms with Crippen molar-refractivity contribution in [2.45, 2.75) is 84.3 Å². The molecule has 0 radical (unpaired) electrons. The van der Waals surface area contributed by atoms with Gasteiger partial charge in [0, 0.05) is 12.8 Å². The Labute approximate surface area is 253 Å². The lowest BCUT2D eigenvalue weighted by atomic mass is 10.0. The molecule has 0 aliphatic carbocycles. The van der Waals surface area contributed by atoms with Gasteiger partial charge in [0.05, 0.1) is 17.2 Å². The third-order valence-corrected chi connectivity index (χ3v) is 6.60. The second-order valence-electron chi connectivity index (χ2n) is 10.6. The van der Waals surface area contributed by atoms with Gasteiger partial charge in [0.1, 0.15) is 6.04 Å². The fourth-order valence-electron chi connectivity index (χ4n) is 4.39. The number of esters is 3. The quantitative estimate of drug-likeness (QED) is 0.111. The smallest absolute Gasteiger partial charge is 0.343 e. The lowest BCUT2D eigenvalue weighted by molar-refractivity contribution is -0.151. The van der Waals surface area contributed by atoms with Crippen molar-refractivity contribution in [1.29, 1.82) is 0 Å². The maximum Gasteiger partial charge on any atom is 0.343 e. The predicted molar refractivity (Wildman–Crippen MR) is 164 cm³/mol. The summed E-state index contributed by atoms with van der Waals surface area (Å²) in [5, 5.41) is 2.82. The van der Waals surface area contributed by atoms with Crippen molar-refractivity contribution >= 4 is 23.8 Å². The minimum atomic E-state index is -0.953. The third kappa shape index (κ3) is 11.4. The van der Waals surface area contributed by atoms with Crippen LogP contribution in [-0.4, -0.2) is 36.0 Å². The van der Waals surface area contributed by atoms with E-state index in [4.69, 9.17) is 14.2 Å². The molecule has 0 bridgehead atoms. The zero-order valence-corrected chi connectivity index (χ0v) is 25.2. The number of hydrogen-bond donors (Lipinski definition) is 1. The molecule has 0 heterocycles. The van der Waals surface area contributed by atoms with Crippen LogP contribution in [0.3, 0.4) is 0 Å². The predicted octanol–water partition coefficient (Wildman–Crippen LogP) is 6.85. The van der Waals surface area contributed by atoms with Crippen LogP contribution in [0.5, 0.6) is 11.5 Å². The highest BCUT2D eigenvalue weighted by Crippen LogP contribution is 2.31. The van der Waals surface area contributed by atoms with E-state index in [1.807, 2.05) is 0 Å². The lowest BCUT2D eigenvalue weighted by Gasteiger charge is -2.20. The van der Waals surface area contributed by atoms with E-state index in [1.165, 1.54) is 18.6 Å². The van der Waals surface area contributed by atoms with Gasteiger partial charge in [-0.25, -0.2) is 14.4 Å². The summed E-state index contributed by atoms with van der Waals surface area (Å²) in [5.41, 5.74) is 1.21. The van der Waals surface area contributed by atoms with Gasteiger partial charge in [-0.3, -0.25) is 4.79 Å². The molecule has 228 valence electrons. The first-order chi connectivity index (χ1) is 20.8. The molecule has 0 spiro atoms. The van der Waals surface area contributed by atoms with Gasteiger partial charge < -0.3 is 19.5 Å². The van der Waals surface area contributed by atoms with Crippen LogP contribution in [0.4, 0.5) is 0 Å². The standard InChI is InChI=1S/C35H41NO7/c1-4-5-6-7-8-15-20-32(37)36-29(35(40)41-25(2)3)23-26-21-22-30(42-33(38)27-16-11-9-12-17-27)31(24-26)43-34(39)28-18-13-10-14-19-28/h9-14,16-19,21-22,24-25,29H,4-8,15,20,23H2,1-3H3,(H,36,37). The van der Waals surface area contributed by atoms with Gasteiger partial charge in [-0.1, -0.05) is 81.5 Å². The van der Waals surface area contributed by atoms with Crippen molar-refractivity contribution in [3.8, 4) is 11.5 Å². The van der Waals surface area contributed by atoms with Crippen molar-refractivity contribution in [3.63, 3.8) is 0 Å². The number of carbonyl (C=O) groups excluding carboxylic acids is 4. The minimum Gasteiger partial charge on any atom is -0.461 e. The molecule has 43 heavy (non-hydrogen) atoms. The number of unbranched alkanes of at least 4 members (excludes halogenated alkanes) is 5. The average molecular weight is 588 g/mol. The topological polar surface area (TPSA) is 108 Å². The number of hydrogen-bond acceptors (Lipinski definition) is 7. The Morgan fingerprint density at radius 3 is 1.84 bits per heavy atom.